The quantitative estimate of drug-likeness (QED) is 0.698. The molecule has 0 saturated carbocycles. The van der Waals surface area contributed by atoms with Crippen molar-refractivity contribution in [3.05, 3.63) is 41.0 Å². The third-order valence-electron chi connectivity index (χ3n) is 4.14. The lowest BCUT2D eigenvalue weighted by Crippen LogP contribution is -2.31. The van der Waals surface area contributed by atoms with Gasteiger partial charge >= 0.3 is 6.18 Å². The molecule has 2 aliphatic rings. The van der Waals surface area contributed by atoms with Gasteiger partial charge in [0.1, 0.15) is 5.57 Å². The van der Waals surface area contributed by atoms with Gasteiger partial charge in [-0.3, -0.25) is 4.79 Å². The van der Waals surface area contributed by atoms with Crippen molar-refractivity contribution in [1.29, 1.82) is 0 Å². The van der Waals surface area contributed by atoms with Crippen LogP contribution in [0.5, 0.6) is 0 Å². The van der Waals surface area contributed by atoms with Gasteiger partial charge in [0.05, 0.1) is 0 Å². The minimum atomic E-state index is -4.55. The van der Waals surface area contributed by atoms with E-state index in [0.717, 1.165) is 5.56 Å². The van der Waals surface area contributed by atoms with Gasteiger partial charge < -0.3 is 0 Å². The molecule has 1 nitrogen and oxygen atoms in total. The molecule has 100 valence electrons. The Morgan fingerprint density at radius 2 is 1.84 bits per heavy atom. The highest BCUT2D eigenvalue weighted by Crippen LogP contribution is 2.50. The maximum atomic E-state index is 13.2. The Morgan fingerprint density at radius 3 is 2.53 bits per heavy atom. The van der Waals surface area contributed by atoms with Gasteiger partial charge in [0, 0.05) is 6.42 Å². The van der Waals surface area contributed by atoms with Crippen LogP contribution >= 0.6 is 0 Å². The third kappa shape index (κ3) is 1.81. The molecule has 0 spiro atoms. The molecule has 1 aromatic rings. The molecule has 2 atom stereocenters. The van der Waals surface area contributed by atoms with Crippen molar-refractivity contribution in [1.82, 2.24) is 0 Å². The fourth-order valence-electron chi connectivity index (χ4n) is 3.30. The number of alkyl halides is 3. The van der Waals surface area contributed by atoms with Crippen LogP contribution in [0.3, 0.4) is 0 Å². The summed E-state index contributed by atoms with van der Waals surface area (Å²) >= 11 is 0. The second-order valence-corrected chi connectivity index (χ2v) is 5.36. The van der Waals surface area contributed by atoms with E-state index in [-0.39, 0.29) is 23.8 Å². The predicted octanol–water partition coefficient (Wildman–Crippen LogP) is 3.78. The Balaban J connectivity index is 2.28. The fraction of sp³-hybridized carbons (Fsp3) is 0.400. The van der Waals surface area contributed by atoms with Gasteiger partial charge in [-0.15, -0.1) is 0 Å². The summed E-state index contributed by atoms with van der Waals surface area (Å²) in [5, 5.41) is 0. The van der Waals surface area contributed by atoms with Gasteiger partial charge in [-0.2, -0.15) is 13.2 Å². The molecule has 2 unspecified atom stereocenters. The monoisotopic (exact) mass is 266 g/mol. The molecule has 2 aliphatic carbocycles. The van der Waals surface area contributed by atoms with Gasteiger partial charge in [-0.1, -0.05) is 31.2 Å². The second-order valence-electron chi connectivity index (χ2n) is 5.36. The lowest BCUT2D eigenvalue weighted by atomic mass is 9.75. The first kappa shape index (κ1) is 12.5. The molecule has 1 aromatic carbocycles. The zero-order valence-electron chi connectivity index (χ0n) is 10.4. The van der Waals surface area contributed by atoms with Crippen molar-refractivity contribution >= 4 is 11.4 Å². The number of ketones is 1. The number of benzene rings is 1. The number of halogens is 3. The Morgan fingerprint density at radius 1 is 1.16 bits per heavy atom. The van der Waals surface area contributed by atoms with Crippen LogP contribution in [-0.2, 0) is 11.2 Å². The average molecular weight is 266 g/mol. The summed E-state index contributed by atoms with van der Waals surface area (Å²) in [4.78, 5) is 11.8. The van der Waals surface area contributed by atoms with Crippen LogP contribution in [0.25, 0.3) is 5.57 Å². The van der Waals surface area contributed by atoms with Gasteiger partial charge in [0.2, 0.25) is 0 Å². The van der Waals surface area contributed by atoms with Gasteiger partial charge in [0.25, 0.3) is 0 Å². The van der Waals surface area contributed by atoms with E-state index in [1.807, 2.05) is 19.1 Å². The van der Waals surface area contributed by atoms with E-state index in [9.17, 15) is 18.0 Å². The lowest BCUT2D eigenvalue weighted by Gasteiger charge is -2.29. The van der Waals surface area contributed by atoms with Crippen molar-refractivity contribution in [3.8, 4) is 0 Å². The van der Waals surface area contributed by atoms with E-state index >= 15 is 0 Å². The van der Waals surface area contributed by atoms with Crippen molar-refractivity contribution in [2.75, 3.05) is 0 Å². The molecule has 0 N–H and O–H groups in total. The van der Waals surface area contributed by atoms with Crippen LogP contribution in [0, 0.1) is 11.8 Å². The van der Waals surface area contributed by atoms with E-state index in [1.165, 1.54) is 0 Å². The summed E-state index contributed by atoms with van der Waals surface area (Å²) in [6.07, 6.45) is -3.95. The summed E-state index contributed by atoms with van der Waals surface area (Å²) in [6, 6.07) is 7.11. The van der Waals surface area contributed by atoms with Crippen molar-refractivity contribution < 1.29 is 18.0 Å². The van der Waals surface area contributed by atoms with E-state index in [2.05, 4.69) is 0 Å². The molecule has 0 amide bonds. The summed E-state index contributed by atoms with van der Waals surface area (Å²) in [5.41, 5.74) is 0.845. The number of hydrogen-bond donors (Lipinski definition) is 0. The molecule has 0 fully saturated rings. The number of carbonyl (C=O) groups excluding carboxylic acids is 1. The van der Waals surface area contributed by atoms with Crippen molar-refractivity contribution in [2.24, 2.45) is 11.8 Å². The number of fused-ring (bicyclic) bond motifs is 3. The Bertz CT molecular complexity index is 583. The minimum Gasteiger partial charge on any atom is -0.294 e. The largest absolute Gasteiger partial charge is 0.420 e. The average Bonchev–Trinajstić information content (AvgIpc) is 2.67. The zero-order valence-corrected chi connectivity index (χ0v) is 10.4. The van der Waals surface area contributed by atoms with E-state index in [0.29, 0.717) is 12.0 Å². The van der Waals surface area contributed by atoms with Crippen LogP contribution < -0.4 is 0 Å². The number of rotatable bonds is 0. The molecule has 0 radical (unpaired) electrons. The first-order chi connectivity index (χ1) is 8.89. The first-order valence-corrected chi connectivity index (χ1v) is 6.32. The Kier molecular flexibility index (Phi) is 2.59. The summed E-state index contributed by atoms with van der Waals surface area (Å²) < 4.78 is 39.5. The molecule has 3 rings (SSSR count). The van der Waals surface area contributed by atoms with E-state index < -0.39 is 17.5 Å². The number of hydrogen-bond acceptors (Lipinski definition) is 1. The number of Topliss-reactive ketones (excluding diaryl/α,β-unsaturated/α-hetero) is 1. The highest BCUT2D eigenvalue weighted by molar-refractivity contribution is 6.07. The highest BCUT2D eigenvalue weighted by atomic mass is 19.4. The molecule has 0 aromatic heterocycles. The van der Waals surface area contributed by atoms with Crippen LogP contribution in [0.4, 0.5) is 13.2 Å². The molecule has 4 heteroatoms. The zero-order chi connectivity index (χ0) is 13.8. The number of carbonyl (C=O) groups is 1. The van der Waals surface area contributed by atoms with Crippen LogP contribution in [-0.4, -0.2) is 12.0 Å². The topological polar surface area (TPSA) is 17.1 Å². The molecule has 0 saturated heterocycles. The van der Waals surface area contributed by atoms with Crippen molar-refractivity contribution in [2.45, 2.75) is 25.9 Å². The van der Waals surface area contributed by atoms with E-state index in [4.69, 9.17) is 0 Å². The maximum Gasteiger partial charge on any atom is 0.420 e. The van der Waals surface area contributed by atoms with Gasteiger partial charge in [-0.25, -0.2) is 0 Å². The molecule has 0 bridgehead atoms. The molecule has 0 heterocycles. The minimum absolute atomic E-state index is 0.00298. The highest BCUT2D eigenvalue weighted by Gasteiger charge is 2.49. The Hall–Kier alpha value is -1.58. The summed E-state index contributed by atoms with van der Waals surface area (Å²) in [6.45, 7) is 1.86. The summed E-state index contributed by atoms with van der Waals surface area (Å²) in [5.74, 6) is -0.962. The van der Waals surface area contributed by atoms with Gasteiger partial charge in [0.15, 0.2) is 5.78 Å². The molecular formula is C15H13F3O. The SMILES string of the molecule is CC1CC(=O)C(C(F)(F)F)=C2c3ccccc3CC21. The normalized spacial score (nSPS) is 26.4. The second kappa shape index (κ2) is 3.95. The molecular weight excluding hydrogens is 253 g/mol. The summed E-state index contributed by atoms with van der Waals surface area (Å²) in [7, 11) is 0. The Labute approximate surface area is 109 Å². The van der Waals surface area contributed by atoms with Crippen molar-refractivity contribution in [3.63, 3.8) is 0 Å². The maximum absolute atomic E-state index is 13.2. The predicted molar refractivity (Wildman–Crippen MR) is 65.4 cm³/mol. The number of allylic oxidation sites excluding steroid dienone is 2. The standard InChI is InChI=1S/C15H13F3O/c1-8-6-12(19)14(15(16,17)18)13-10-5-3-2-4-9(10)7-11(8)13/h2-5,8,11H,6-7H2,1H3. The van der Waals surface area contributed by atoms with Gasteiger partial charge in [-0.05, 0) is 35.0 Å². The smallest absolute Gasteiger partial charge is 0.294 e. The van der Waals surface area contributed by atoms with Crippen LogP contribution in [0.15, 0.2) is 29.8 Å². The first-order valence-electron chi connectivity index (χ1n) is 6.32. The van der Waals surface area contributed by atoms with E-state index in [1.54, 1.807) is 12.1 Å². The lowest BCUT2D eigenvalue weighted by molar-refractivity contribution is -0.130. The van der Waals surface area contributed by atoms with Crippen LogP contribution in [0.2, 0.25) is 0 Å². The molecule has 19 heavy (non-hydrogen) atoms. The van der Waals surface area contributed by atoms with Crippen LogP contribution in [0.1, 0.15) is 24.5 Å². The fourth-order valence-corrected chi connectivity index (χ4v) is 3.30. The third-order valence-corrected chi connectivity index (χ3v) is 4.14. The molecule has 0 aliphatic heterocycles.